The van der Waals surface area contributed by atoms with Gasteiger partial charge < -0.3 is 5.32 Å². The average molecular weight is 348 g/mol. The summed E-state index contributed by atoms with van der Waals surface area (Å²) >= 11 is 12.1. The number of amides is 1. The Bertz CT molecular complexity index is 648. The molecule has 0 atom stereocenters. The van der Waals surface area contributed by atoms with E-state index in [0.717, 1.165) is 19.3 Å². The molecule has 0 saturated carbocycles. The summed E-state index contributed by atoms with van der Waals surface area (Å²) in [7, 11) is 0. The molecule has 2 nitrogen and oxygen atoms in total. The normalized spacial score (nSPS) is 10.9. The van der Waals surface area contributed by atoms with Gasteiger partial charge in [-0.05, 0) is 43.0 Å². The molecule has 0 bridgehead atoms. The van der Waals surface area contributed by atoms with E-state index in [1.807, 2.05) is 18.2 Å². The summed E-state index contributed by atoms with van der Waals surface area (Å²) in [6, 6.07) is 15.6. The van der Waals surface area contributed by atoms with Crippen LogP contribution in [0.3, 0.4) is 0 Å². The largest absolute Gasteiger partial charge is 0.353 e. The Morgan fingerprint density at radius 3 is 2.35 bits per heavy atom. The molecule has 23 heavy (non-hydrogen) atoms. The molecule has 0 aliphatic carbocycles. The number of halogens is 2. The molecule has 1 N–H and O–H groups in total. The van der Waals surface area contributed by atoms with E-state index in [1.54, 1.807) is 24.3 Å². The Labute approximate surface area is 147 Å². The first kappa shape index (κ1) is 17.6. The molecular formula is C19H19Cl2NO. The van der Waals surface area contributed by atoms with E-state index in [-0.39, 0.29) is 5.91 Å². The SMILES string of the molecule is O=C(C=Cc1c(Cl)cccc1Cl)NCCCCc1ccccc1. The van der Waals surface area contributed by atoms with Crippen molar-refractivity contribution in [2.24, 2.45) is 0 Å². The Hall–Kier alpha value is -1.77. The van der Waals surface area contributed by atoms with E-state index >= 15 is 0 Å². The maximum absolute atomic E-state index is 11.8. The number of benzene rings is 2. The Morgan fingerprint density at radius 2 is 1.65 bits per heavy atom. The minimum absolute atomic E-state index is 0.138. The van der Waals surface area contributed by atoms with Crippen LogP contribution in [0.1, 0.15) is 24.0 Å². The van der Waals surface area contributed by atoms with Gasteiger partial charge >= 0.3 is 0 Å². The highest BCUT2D eigenvalue weighted by Crippen LogP contribution is 2.25. The third kappa shape index (κ3) is 6.09. The van der Waals surface area contributed by atoms with Crippen LogP contribution in [-0.4, -0.2) is 12.5 Å². The number of rotatable bonds is 7. The van der Waals surface area contributed by atoms with Gasteiger partial charge in [0.1, 0.15) is 0 Å². The maximum atomic E-state index is 11.8. The van der Waals surface area contributed by atoms with Crippen LogP contribution in [0.4, 0.5) is 0 Å². The second-order valence-corrected chi connectivity index (χ2v) is 6.02. The van der Waals surface area contributed by atoms with Gasteiger partial charge in [-0.25, -0.2) is 0 Å². The summed E-state index contributed by atoms with van der Waals surface area (Å²) < 4.78 is 0. The first-order chi connectivity index (χ1) is 11.2. The number of hydrogen-bond donors (Lipinski definition) is 1. The van der Waals surface area contributed by atoms with Crippen molar-refractivity contribution >= 4 is 35.2 Å². The molecule has 2 rings (SSSR count). The van der Waals surface area contributed by atoms with Crippen molar-refractivity contribution in [3.05, 3.63) is 75.8 Å². The Morgan fingerprint density at radius 1 is 0.957 bits per heavy atom. The van der Waals surface area contributed by atoms with Crippen LogP contribution in [0.2, 0.25) is 10.0 Å². The van der Waals surface area contributed by atoms with Crippen molar-refractivity contribution in [1.82, 2.24) is 5.32 Å². The van der Waals surface area contributed by atoms with Crippen LogP contribution in [0.15, 0.2) is 54.6 Å². The van der Waals surface area contributed by atoms with Gasteiger partial charge in [-0.1, -0.05) is 59.6 Å². The summed E-state index contributed by atoms with van der Waals surface area (Å²) in [5.41, 5.74) is 1.99. The van der Waals surface area contributed by atoms with E-state index in [2.05, 4.69) is 17.4 Å². The predicted octanol–water partition coefficient (Wildman–Crippen LogP) is 5.15. The zero-order valence-corrected chi connectivity index (χ0v) is 14.3. The number of unbranched alkanes of at least 4 members (excludes halogenated alkanes) is 1. The van der Waals surface area contributed by atoms with E-state index in [4.69, 9.17) is 23.2 Å². The molecule has 0 heterocycles. The topological polar surface area (TPSA) is 29.1 Å². The smallest absolute Gasteiger partial charge is 0.244 e. The van der Waals surface area contributed by atoms with Gasteiger partial charge in [0.25, 0.3) is 0 Å². The second-order valence-electron chi connectivity index (χ2n) is 5.20. The molecule has 120 valence electrons. The van der Waals surface area contributed by atoms with Gasteiger partial charge in [0.2, 0.25) is 5.91 Å². The molecule has 0 unspecified atom stereocenters. The van der Waals surface area contributed by atoms with Crippen molar-refractivity contribution in [3.63, 3.8) is 0 Å². The molecule has 1 amide bonds. The first-order valence-electron chi connectivity index (χ1n) is 7.60. The van der Waals surface area contributed by atoms with Gasteiger partial charge in [0.05, 0.1) is 0 Å². The maximum Gasteiger partial charge on any atom is 0.244 e. The molecule has 0 aliphatic heterocycles. The predicted molar refractivity (Wildman–Crippen MR) is 97.9 cm³/mol. The fraction of sp³-hybridized carbons (Fsp3) is 0.211. The highest BCUT2D eigenvalue weighted by Gasteiger charge is 2.02. The number of aryl methyl sites for hydroxylation is 1. The van der Waals surface area contributed by atoms with E-state index in [1.165, 1.54) is 11.6 Å². The fourth-order valence-corrected chi connectivity index (χ4v) is 2.72. The molecule has 2 aromatic carbocycles. The highest BCUT2D eigenvalue weighted by atomic mass is 35.5. The molecule has 0 radical (unpaired) electrons. The number of nitrogens with one attached hydrogen (secondary N) is 1. The van der Waals surface area contributed by atoms with Crippen molar-refractivity contribution in [2.45, 2.75) is 19.3 Å². The van der Waals surface area contributed by atoms with Crippen molar-refractivity contribution in [1.29, 1.82) is 0 Å². The van der Waals surface area contributed by atoms with Crippen LogP contribution in [0, 0.1) is 0 Å². The van der Waals surface area contributed by atoms with Crippen LogP contribution >= 0.6 is 23.2 Å². The third-order valence-corrected chi connectivity index (χ3v) is 4.09. The lowest BCUT2D eigenvalue weighted by Crippen LogP contribution is -2.22. The number of carbonyl (C=O) groups is 1. The first-order valence-corrected chi connectivity index (χ1v) is 8.36. The zero-order chi connectivity index (χ0) is 16.5. The Balaban J connectivity index is 1.70. The quantitative estimate of drug-likeness (QED) is 0.544. The summed E-state index contributed by atoms with van der Waals surface area (Å²) in [6.45, 7) is 0.659. The minimum atomic E-state index is -0.138. The van der Waals surface area contributed by atoms with E-state index < -0.39 is 0 Å². The second kappa shape index (κ2) is 9.39. The lowest BCUT2D eigenvalue weighted by atomic mass is 10.1. The van der Waals surface area contributed by atoms with Gasteiger partial charge in [0, 0.05) is 28.2 Å². The van der Waals surface area contributed by atoms with Crippen molar-refractivity contribution in [3.8, 4) is 0 Å². The van der Waals surface area contributed by atoms with Gasteiger partial charge in [-0.15, -0.1) is 0 Å². The van der Waals surface area contributed by atoms with Gasteiger partial charge in [0.15, 0.2) is 0 Å². The van der Waals surface area contributed by atoms with E-state index in [9.17, 15) is 4.79 Å². The minimum Gasteiger partial charge on any atom is -0.353 e. The van der Waals surface area contributed by atoms with Crippen molar-refractivity contribution in [2.75, 3.05) is 6.54 Å². The molecule has 2 aromatic rings. The van der Waals surface area contributed by atoms with Crippen molar-refractivity contribution < 1.29 is 4.79 Å². The van der Waals surface area contributed by atoms with Crippen LogP contribution in [-0.2, 0) is 11.2 Å². The summed E-state index contributed by atoms with van der Waals surface area (Å²) in [6.07, 6.45) is 6.13. The zero-order valence-electron chi connectivity index (χ0n) is 12.8. The monoisotopic (exact) mass is 347 g/mol. The molecule has 0 spiro atoms. The summed E-state index contributed by atoms with van der Waals surface area (Å²) in [4.78, 5) is 11.8. The standard InChI is InChI=1S/C19H19Cl2NO/c20-17-10-6-11-18(21)16(17)12-13-19(23)22-14-5-4-9-15-7-2-1-3-8-15/h1-3,6-8,10-13H,4-5,9,14H2,(H,22,23). The van der Waals surface area contributed by atoms with Crippen LogP contribution in [0.25, 0.3) is 6.08 Å². The number of hydrogen-bond acceptors (Lipinski definition) is 1. The van der Waals surface area contributed by atoms with Crippen LogP contribution in [0.5, 0.6) is 0 Å². The molecule has 0 aromatic heterocycles. The summed E-state index contributed by atoms with van der Waals surface area (Å²) in [5.74, 6) is -0.138. The van der Waals surface area contributed by atoms with Gasteiger partial charge in [-0.3, -0.25) is 4.79 Å². The Kier molecular flexibility index (Phi) is 7.18. The highest BCUT2D eigenvalue weighted by molar-refractivity contribution is 6.37. The van der Waals surface area contributed by atoms with Crippen LogP contribution < -0.4 is 5.32 Å². The lowest BCUT2D eigenvalue weighted by molar-refractivity contribution is -0.116. The molecule has 4 heteroatoms. The molecular weight excluding hydrogens is 329 g/mol. The average Bonchev–Trinajstić information content (AvgIpc) is 2.55. The van der Waals surface area contributed by atoms with Gasteiger partial charge in [-0.2, -0.15) is 0 Å². The molecule has 0 saturated heterocycles. The molecule has 0 aliphatic rings. The third-order valence-electron chi connectivity index (χ3n) is 3.44. The lowest BCUT2D eigenvalue weighted by Gasteiger charge is -2.04. The van der Waals surface area contributed by atoms with E-state index in [0.29, 0.717) is 22.2 Å². The molecule has 0 fully saturated rings. The fourth-order valence-electron chi connectivity index (χ4n) is 2.20. The number of carbonyl (C=O) groups excluding carboxylic acids is 1. The summed E-state index contributed by atoms with van der Waals surface area (Å²) in [5, 5.41) is 3.93.